The fraction of sp³-hybridized carbons (Fsp3) is 0.562. The Morgan fingerprint density at radius 3 is 2.81 bits per heavy atom. The van der Waals surface area contributed by atoms with Gasteiger partial charge in [-0.15, -0.1) is 0 Å². The second-order valence-corrected chi connectivity index (χ2v) is 5.36. The number of nitrogens with one attached hydrogen (secondary N) is 2. The first-order valence-corrected chi connectivity index (χ1v) is 7.41. The Balaban J connectivity index is 1.77. The molecule has 1 aromatic carbocycles. The lowest BCUT2D eigenvalue weighted by Crippen LogP contribution is -2.23. The maximum absolute atomic E-state index is 11.9. The summed E-state index contributed by atoms with van der Waals surface area (Å²) in [5, 5.41) is 6.28. The Kier molecular flexibility index (Phi) is 5.87. The Labute approximate surface area is 126 Å². The van der Waals surface area contributed by atoms with E-state index in [1.807, 2.05) is 18.2 Å². The van der Waals surface area contributed by atoms with Gasteiger partial charge in [0.15, 0.2) is 11.5 Å². The highest BCUT2D eigenvalue weighted by Crippen LogP contribution is 2.27. The predicted molar refractivity (Wildman–Crippen MR) is 81.6 cm³/mol. The summed E-state index contributed by atoms with van der Waals surface area (Å²) < 4.78 is 10.4. The van der Waals surface area contributed by atoms with Gasteiger partial charge in [-0.25, -0.2) is 0 Å². The average molecular weight is 292 g/mol. The lowest BCUT2D eigenvalue weighted by molar-refractivity contribution is -0.121. The molecule has 1 saturated heterocycles. The third-order valence-corrected chi connectivity index (χ3v) is 3.88. The van der Waals surface area contributed by atoms with Gasteiger partial charge >= 0.3 is 0 Å². The minimum atomic E-state index is 0.108. The molecule has 1 atom stereocenters. The molecule has 0 saturated carbocycles. The zero-order valence-corrected chi connectivity index (χ0v) is 12.8. The Bertz CT molecular complexity index is 471. The summed E-state index contributed by atoms with van der Waals surface area (Å²) in [7, 11) is 3.22. The zero-order valence-electron chi connectivity index (χ0n) is 12.8. The molecule has 116 valence electrons. The van der Waals surface area contributed by atoms with Crippen molar-refractivity contribution in [3.05, 3.63) is 23.8 Å². The molecule has 1 aromatic rings. The van der Waals surface area contributed by atoms with Gasteiger partial charge in [-0.2, -0.15) is 0 Å². The minimum absolute atomic E-state index is 0.108. The van der Waals surface area contributed by atoms with Gasteiger partial charge in [0.2, 0.25) is 5.91 Å². The van der Waals surface area contributed by atoms with Crippen LogP contribution < -0.4 is 20.1 Å². The van der Waals surface area contributed by atoms with E-state index in [0.29, 0.717) is 30.4 Å². The van der Waals surface area contributed by atoms with Crippen LogP contribution in [0, 0.1) is 5.92 Å². The summed E-state index contributed by atoms with van der Waals surface area (Å²) in [6, 6.07) is 5.67. The summed E-state index contributed by atoms with van der Waals surface area (Å²) in [5.41, 5.74) is 1.00. The second kappa shape index (κ2) is 7.88. The molecular weight excluding hydrogens is 268 g/mol. The summed E-state index contributed by atoms with van der Waals surface area (Å²) in [4.78, 5) is 11.9. The van der Waals surface area contributed by atoms with Gasteiger partial charge in [0.25, 0.3) is 0 Å². The molecule has 0 radical (unpaired) electrons. The summed E-state index contributed by atoms with van der Waals surface area (Å²) >= 11 is 0. The molecule has 2 N–H and O–H groups in total. The van der Waals surface area contributed by atoms with Crippen molar-refractivity contribution in [2.45, 2.75) is 25.8 Å². The van der Waals surface area contributed by atoms with Crippen LogP contribution in [0.5, 0.6) is 11.5 Å². The van der Waals surface area contributed by atoms with E-state index in [4.69, 9.17) is 9.47 Å². The van der Waals surface area contributed by atoms with Gasteiger partial charge in [0.1, 0.15) is 0 Å². The van der Waals surface area contributed by atoms with Crippen LogP contribution in [0.3, 0.4) is 0 Å². The van der Waals surface area contributed by atoms with E-state index < -0.39 is 0 Å². The first-order valence-electron chi connectivity index (χ1n) is 7.41. The molecule has 1 aliphatic rings. The highest BCUT2D eigenvalue weighted by atomic mass is 16.5. The van der Waals surface area contributed by atoms with Gasteiger partial charge in [0, 0.05) is 13.0 Å². The quantitative estimate of drug-likeness (QED) is 0.803. The first kappa shape index (κ1) is 15.6. The van der Waals surface area contributed by atoms with Crippen LogP contribution in [0.2, 0.25) is 0 Å². The first-order chi connectivity index (χ1) is 10.2. The fourth-order valence-corrected chi connectivity index (χ4v) is 2.58. The second-order valence-electron chi connectivity index (χ2n) is 5.36. The van der Waals surface area contributed by atoms with Crippen molar-refractivity contribution in [2.24, 2.45) is 5.92 Å². The molecule has 0 aliphatic carbocycles. The van der Waals surface area contributed by atoms with E-state index in [1.54, 1.807) is 14.2 Å². The third kappa shape index (κ3) is 4.63. The van der Waals surface area contributed by atoms with Crippen LogP contribution in [0.4, 0.5) is 0 Å². The number of ether oxygens (including phenoxy) is 2. The Hall–Kier alpha value is -1.75. The number of carbonyl (C=O) groups is 1. The van der Waals surface area contributed by atoms with Gasteiger partial charge in [0.05, 0.1) is 14.2 Å². The molecule has 0 aromatic heterocycles. The molecule has 1 unspecified atom stereocenters. The SMILES string of the molecule is COc1ccc(CNC(=O)CCC2CCNC2)cc1OC. The molecule has 1 fully saturated rings. The molecule has 5 heteroatoms. The van der Waals surface area contributed by atoms with Crippen LogP contribution >= 0.6 is 0 Å². The summed E-state index contributed by atoms with van der Waals surface area (Å²) in [5.74, 6) is 2.14. The van der Waals surface area contributed by atoms with E-state index in [9.17, 15) is 4.79 Å². The van der Waals surface area contributed by atoms with Crippen molar-refractivity contribution in [3.63, 3.8) is 0 Å². The Morgan fingerprint density at radius 2 is 2.14 bits per heavy atom. The summed E-state index contributed by atoms with van der Waals surface area (Å²) in [6.07, 6.45) is 2.74. The molecule has 2 rings (SSSR count). The number of hydrogen-bond acceptors (Lipinski definition) is 4. The number of methoxy groups -OCH3 is 2. The maximum Gasteiger partial charge on any atom is 0.220 e. The van der Waals surface area contributed by atoms with E-state index in [2.05, 4.69) is 10.6 Å². The largest absolute Gasteiger partial charge is 0.493 e. The van der Waals surface area contributed by atoms with Crippen molar-refractivity contribution < 1.29 is 14.3 Å². The van der Waals surface area contributed by atoms with Crippen LogP contribution in [0.25, 0.3) is 0 Å². The maximum atomic E-state index is 11.9. The highest BCUT2D eigenvalue weighted by Gasteiger charge is 2.15. The van der Waals surface area contributed by atoms with Crippen molar-refractivity contribution in [1.29, 1.82) is 0 Å². The van der Waals surface area contributed by atoms with Crippen LogP contribution in [0.1, 0.15) is 24.8 Å². The molecule has 21 heavy (non-hydrogen) atoms. The van der Waals surface area contributed by atoms with Crippen molar-refractivity contribution in [1.82, 2.24) is 10.6 Å². The van der Waals surface area contributed by atoms with Crippen LogP contribution in [-0.4, -0.2) is 33.2 Å². The number of carbonyl (C=O) groups excluding carboxylic acids is 1. The summed E-state index contributed by atoms with van der Waals surface area (Å²) in [6.45, 7) is 2.64. The lowest BCUT2D eigenvalue weighted by atomic mass is 10.0. The van der Waals surface area contributed by atoms with Crippen LogP contribution in [-0.2, 0) is 11.3 Å². The van der Waals surface area contributed by atoms with Gasteiger partial charge in [-0.1, -0.05) is 6.07 Å². The lowest BCUT2D eigenvalue weighted by Gasteiger charge is -2.11. The van der Waals surface area contributed by atoms with E-state index in [0.717, 1.165) is 25.1 Å². The smallest absolute Gasteiger partial charge is 0.220 e. The molecule has 1 aliphatic heterocycles. The highest BCUT2D eigenvalue weighted by molar-refractivity contribution is 5.75. The fourth-order valence-electron chi connectivity index (χ4n) is 2.58. The Morgan fingerprint density at radius 1 is 1.33 bits per heavy atom. The molecule has 5 nitrogen and oxygen atoms in total. The van der Waals surface area contributed by atoms with E-state index >= 15 is 0 Å². The number of hydrogen-bond donors (Lipinski definition) is 2. The standard InChI is InChI=1S/C16H24N2O3/c1-20-14-5-3-13(9-15(14)21-2)11-18-16(19)6-4-12-7-8-17-10-12/h3,5,9,12,17H,4,6-8,10-11H2,1-2H3,(H,18,19). The molecule has 0 bridgehead atoms. The minimum Gasteiger partial charge on any atom is -0.493 e. The molecular formula is C16H24N2O3. The number of amides is 1. The van der Waals surface area contributed by atoms with Gasteiger partial charge < -0.3 is 20.1 Å². The molecule has 1 amide bonds. The van der Waals surface area contributed by atoms with Crippen LogP contribution in [0.15, 0.2) is 18.2 Å². The molecule has 0 spiro atoms. The van der Waals surface area contributed by atoms with Crippen molar-refractivity contribution >= 4 is 5.91 Å². The number of benzene rings is 1. The van der Waals surface area contributed by atoms with Gasteiger partial charge in [-0.3, -0.25) is 4.79 Å². The molecule has 1 heterocycles. The van der Waals surface area contributed by atoms with E-state index in [-0.39, 0.29) is 5.91 Å². The van der Waals surface area contributed by atoms with Crippen molar-refractivity contribution in [3.8, 4) is 11.5 Å². The zero-order chi connectivity index (χ0) is 15.1. The predicted octanol–water partition coefficient (Wildman–Crippen LogP) is 1.71. The average Bonchev–Trinajstić information content (AvgIpc) is 3.04. The topological polar surface area (TPSA) is 59.6 Å². The normalized spacial score (nSPS) is 17.5. The third-order valence-electron chi connectivity index (χ3n) is 3.88. The monoisotopic (exact) mass is 292 g/mol. The number of rotatable bonds is 7. The van der Waals surface area contributed by atoms with E-state index in [1.165, 1.54) is 6.42 Å². The van der Waals surface area contributed by atoms with Gasteiger partial charge in [-0.05, 0) is 49.5 Å². The van der Waals surface area contributed by atoms with Crippen molar-refractivity contribution in [2.75, 3.05) is 27.3 Å².